The minimum absolute atomic E-state index is 0.0898. The van der Waals surface area contributed by atoms with Crippen molar-refractivity contribution >= 4 is 11.8 Å². The maximum atomic E-state index is 10.9. The molecular formula is C8H19N5O2. The molecule has 0 saturated carbocycles. The summed E-state index contributed by atoms with van der Waals surface area (Å²) in [5.41, 5.74) is 15.5. The summed E-state index contributed by atoms with van der Waals surface area (Å²) in [6, 6.07) is -0.711. The Labute approximate surface area is 88.7 Å². The second kappa shape index (κ2) is 7.16. The van der Waals surface area contributed by atoms with Crippen molar-refractivity contribution in [2.75, 3.05) is 13.1 Å². The van der Waals surface area contributed by atoms with Gasteiger partial charge < -0.3 is 27.8 Å². The van der Waals surface area contributed by atoms with E-state index in [0.29, 0.717) is 13.1 Å². The summed E-state index contributed by atoms with van der Waals surface area (Å²) >= 11 is 0. The number of hydrogen-bond acceptors (Lipinski definition) is 5. The van der Waals surface area contributed by atoms with Gasteiger partial charge in [0.15, 0.2) is 0 Å². The molecule has 0 aromatic carbocycles. The number of nitrogens with two attached hydrogens (primary N) is 3. The van der Waals surface area contributed by atoms with E-state index in [1.807, 2.05) is 0 Å². The zero-order chi connectivity index (χ0) is 11.8. The van der Waals surface area contributed by atoms with E-state index < -0.39 is 17.9 Å². The largest absolute Gasteiger partial charge is 0.370 e. The number of carbonyl (C=O) groups excluding carboxylic acids is 2. The molecule has 0 fully saturated rings. The average Bonchev–Trinajstić information content (AvgIpc) is 2.08. The van der Waals surface area contributed by atoms with Crippen molar-refractivity contribution < 1.29 is 9.59 Å². The molecule has 8 N–H and O–H groups in total. The van der Waals surface area contributed by atoms with Gasteiger partial charge in [-0.15, -0.1) is 0 Å². The zero-order valence-electron chi connectivity index (χ0n) is 8.82. The van der Waals surface area contributed by atoms with Gasteiger partial charge in [0.25, 0.3) is 0 Å². The summed E-state index contributed by atoms with van der Waals surface area (Å²) in [5, 5.41) is 5.75. The highest BCUT2D eigenvalue weighted by molar-refractivity contribution is 5.86. The lowest BCUT2D eigenvalue weighted by molar-refractivity contribution is -0.125. The number of carbonyl (C=O) groups is 2. The quantitative estimate of drug-likeness (QED) is 0.221. The number of amides is 2. The molecule has 15 heavy (non-hydrogen) atoms. The van der Waals surface area contributed by atoms with E-state index in [4.69, 9.17) is 17.2 Å². The van der Waals surface area contributed by atoms with Crippen LogP contribution in [0.5, 0.6) is 0 Å². The van der Waals surface area contributed by atoms with Crippen LogP contribution < -0.4 is 27.8 Å². The second-order valence-electron chi connectivity index (χ2n) is 3.32. The normalized spacial score (nSPS) is 14.5. The molecule has 2 amide bonds. The molecule has 2 unspecified atom stereocenters. The number of rotatable bonds is 8. The van der Waals surface area contributed by atoms with Gasteiger partial charge in [0, 0.05) is 13.1 Å². The first kappa shape index (κ1) is 13.8. The third-order valence-electron chi connectivity index (χ3n) is 1.73. The maximum absolute atomic E-state index is 10.9. The molecule has 0 saturated heterocycles. The summed E-state index contributed by atoms with van der Waals surface area (Å²) < 4.78 is 0. The van der Waals surface area contributed by atoms with Gasteiger partial charge >= 0.3 is 0 Å². The first-order valence-corrected chi connectivity index (χ1v) is 4.73. The topological polar surface area (TPSA) is 136 Å². The molecule has 2 atom stereocenters. The Morgan fingerprint density at radius 1 is 1.20 bits per heavy atom. The second-order valence-corrected chi connectivity index (χ2v) is 3.32. The van der Waals surface area contributed by atoms with Crippen LogP contribution in [0.1, 0.15) is 13.3 Å². The van der Waals surface area contributed by atoms with Crippen LogP contribution in [0.2, 0.25) is 0 Å². The fraction of sp³-hybridized carbons (Fsp3) is 0.750. The van der Waals surface area contributed by atoms with Crippen LogP contribution in [-0.4, -0.2) is 37.1 Å². The van der Waals surface area contributed by atoms with E-state index in [2.05, 4.69) is 10.6 Å². The van der Waals surface area contributed by atoms with E-state index in [9.17, 15) is 9.59 Å². The monoisotopic (exact) mass is 217 g/mol. The predicted octanol–water partition coefficient (Wildman–Crippen LogP) is -2.80. The minimum atomic E-state index is -0.711. The summed E-state index contributed by atoms with van der Waals surface area (Å²) in [6.07, 6.45) is -0.206. The molecule has 7 nitrogen and oxygen atoms in total. The minimum Gasteiger partial charge on any atom is -0.370 e. The van der Waals surface area contributed by atoms with Crippen molar-refractivity contribution in [3.63, 3.8) is 0 Å². The molecule has 0 spiro atoms. The predicted molar refractivity (Wildman–Crippen MR) is 56.4 cm³/mol. The van der Waals surface area contributed by atoms with Gasteiger partial charge in [-0.1, -0.05) is 0 Å². The highest BCUT2D eigenvalue weighted by Crippen LogP contribution is 1.88. The molecular weight excluding hydrogens is 198 g/mol. The van der Waals surface area contributed by atoms with E-state index in [1.165, 1.54) is 0 Å². The van der Waals surface area contributed by atoms with Gasteiger partial charge in [0.1, 0.15) is 0 Å². The molecule has 0 aromatic heterocycles. The lowest BCUT2D eigenvalue weighted by atomic mass is 10.2. The Morgan fingerprint density at radius 3 is 2.13 bits per heavy atom. The van der Waals surface area contributed by atoms with Crippen LogP contribution in [0.4, 0.5) is 0 Å². The van der Waals surface area contributed by atoms with E-state index in [1.54, 1.807) is 6.92 Å². The SMILES string of the molecule is CC(N)NCCNC(CC(N)=O)C(N)=O. The molecule has 0 radical (unpaired) electrons. The summed E-state index contributed by atoms with van der Waals surface area (Å²) in [6.45, 7) is 2.87. The molecule has 0 rings (SSSR count). The highest BCUT2D eigenvalue weighted by atomic mass is 16.2. The van der Waals surface area contributed by atoms with Gasteiger partial charge in [-0.3, -0.25) is 9.59 Å². The summed E-state index contributed by atoms with van der Waals surface area (Å²) in [7, 11) is 0. The number of hydrogen-bond donors (Lipinski definition) is 5. The summed E-state index contributed by atoms with van der Waals surface area (Å²) in [4.78, 5) is 21.5. The van der Waals surface area contributed by atoms with Crippen LogP contribution in [0.25, 0.3) is 0 Å². The van der Waals surface area contributed by atoms with Gasteiger partial charge in [0.05, 0.1) is 18.6 Å². The van der Waals surface area contributed by atoms with Gasteiger partial charge in [0.2, 0.25) is 11.8 Å². The van der Waals surface area contributed by atoms with E-state index >= 15 is 0 Å². The van der Waals surface area contributed by atoms with Crippen molar-refractivity contribution in [1.82, 2.24) is 10.6 Å². The lowest BCUT2D eigenvalue weighted by Gasteiger charge is -2.14. The maximum Gasteiger partial charge on any atom is 0.235 e. The molecule has 88 valence electrons. The Hall–Kier alpha value is -1.18. The Kier molecular flexibility index (Phi) is 6.59. The Bertz CT molecular complexity index is 219. The molecule has 0 bridgehead atoms. The lowest BCUT2D eigenvalue weighted by Crippen LogP contribution is -2.47. The molecule has 7 heteroatoms. The highest BCUT2D eigenvalue weighted by Gasteiger charge is 2.16. The van der Waals surface area contributed by atoms with E-state index in [-0.39, 0.29) is 12.6 Å². The van der Waals surface area contributed by atoms with E-state index in [0.717, 1.165) is 0 Å². The van der Waals surface area contributed by atoms with Crippen molar-refractivity contribution in [3.05, 3.63) is 0 Å². The summed E-state index contributed by atoms with van der Waals surface area (Å²) in [5.74, 6) is -1.15. The van der Waals surface area contributed by atoms with Crippen LogP contribution in [-0.2, 0) is 9.59 Å². The number of nitrogens with one attached hydrogen (secondary N) is 2. The van der Waals surface area contributed by atoms with Crippen molar-refractivity contribution in [2.45, 2.75) is 25.6 Å². The van der Waals surface area contributed by atoms with Gasteiger partial charge in [-0.05, 0) is 6.92 Å². The Balaban J connectivity index is 3.77. The molecule has 0 aliphatic rings. The fourth-order valence-electron chi connectivity index (χ4n) is 1.02. The third kappa shape index (κ3) is 7.86. The third-order valence-corrected chi connectivity index (χ3v) is 1.73. The average molecular weight is 217 g/mol. The molecule has 0 aliphatic heterocycles. The first-order chi connectivity index (χ1) is 6.93. The van der Waals surface area contributed by atoms with Crippen molar-refractivity contribution in [3.8, 4) is 0 Å². The smallest absolute Gasteiger partial charge is 0.235 e. The van der Waals surface area contributed by atoms with Crippen LogP contribution >= 0.6 is 0 Å². The zero-order valence-corrected chi connectivity index (χ0v) is 8.82. The first-order valence-electron chi connectivity index (χ1n) is 4.73. The Morgan fingerprint density at radius 2 is 1.73 bits per heavy atom. The molecule has 0 aliphatic carbocycles. The molecule has 0 aromatic rings. The van der Waals surface area contributed by atoms with Crippen LogP contribution in [0.3, 0.4) is 0 Å². The fourth-order valence-corrected chi connectivity index (χ4v) is 1.02. The van der Waals surface area contributed by atoms with Crippen molar-refractivity contribution in [1.29, 1.82) is 0 Å². The van der Waals surface area contributed by atoms with Crippen LogP contribution in [0.15, 0.2) is 0 Å². The van der Waals surface area contributed by atoms with Gasteiger partial charge in [-0.25, -0.2) is 0 Å². The van der Waals surface area contributed by atoms with Gasteiger partial charge in [-0.2, -0.15) is 0 Å². The van der Waals surface area contributed by atoms with Crippen molar-refractivity contribution in [2.24, 2.45) is 17.2 Å². The number of primary amides is 2. The standard InChI is InChI=1S/C8H19N5O2/c1-5(9)12-2-3-13-6(8(11)15)4-7(10)14/h5-6,12-13H,2-4,9H2,1H3,(H2,10,14)(H2,11,15). The van der Waals surface area contributed by atoms with Crippen LogP contribution in [0, 0.1) is 0 Å². The molecule has 0 heterocycles.